The average molecular weight is 417 g/mol. The summed E-state index contributed by atoms with van der Waals surface area (Å²) in [6, 6.07) is 5.38. The van der Waals surface area contributed by atoms with Gasteiger partial charge in [-0.15, -0.1) is 0 Å². The fourth-order valence-electron chi connectivity index (χ4n) is 4.85. The van der Waals surface area contributed by atoms with Crippen LogP contribution in [0.3, 0.4) is 0 Å². The summed E-state index contributed by atoms with van der Waals surface area (Å²) in [4.78, 5) is 12.6. The van der Waals surface area contributed by atoms with Gasteiger partial charge in [-0.2, -0.15) is 12.6 Å². The van der Waals surface area contributed by atoms with Crippen molar-refractivity contribution in [3.8, 4) is 0 Å². The lowest BCUT2D eigenvalue weighted by molar-refractivity contribution is 0.182. The molecule has 1 aromatic carbocycles. The van der Waals surface area contributed by atoms with E-state index in [1.165, 1.54) is 24.0 Å². The number of hydrogen-bond acceptors (Lipinski definition) is 4. The van der Waals surface area contributed by atoms with E-state index >= 15 is 0 Å². The molecule has 158 valence electrons. The van der Waals surface area contributed by atoms with Gasteiger partial charge in [0.05, 0.1) is 11.4 Å². The van der Waals surface area contributed by atoms with E-state index in [1.54, 1.807) is 18.3 Å². The van der Waals surface area contributed by atoms with Gasteiger partial charge in [-0.05, 0) is 67.3 Å². The molecule has 0 spiro atoms. The summed E-state index contributed by atoms with van der Waals surface area (Å²) in [7, 11) is 0. The monoisotopic (exact) mass is 416 g/mol. The molecule has 1 fully saturated rings. The highest BCUT2D eigenvalue weighted by molar-refractivity contribution is 7.80. The van der Waals surface area contributed by atoms with Gasteiger partial charge in [0.2, 0.25) is 0 Å². The molecular weight excluding hydrogens is 383 g/mol. The maximum absolute atomic E-state index is 13.7. The molecule has 0 bridgehead atoms. The molecule has 1 aromatic heterocycles. The first-order chi connectivity index (χ1) is 14.0. The number of likely N-dealkylation sites (N-methyl/N-ethyl adjacent to an activating group) is 1. The zero-order chi connectivity index (χ0) is 20.4. The molecular formula is C23H33FN4S. The molecule has 1 saturated heterocycles. The minimum Gasteiger partial charge on any atom is -0.348 e. The summed E-state index contributed by atoms with van der Waals surface area (Å²) < 4.78 is 13.7. The fraction of sp³-hybridized carbons (Fsp3) is 0.609. The van der Waals surface area contributed by atoms with Crippen LogP contribution in [0.1, 0.15) is 61.2 Å². The second-order valence-electron chi connectivity index (χ2n) is 8.74. The van der Waals surface area contributed by atoms with Crippen LogP contribution in [-0.4, -0.2) is 52.1 Å². The molecule has 0 amide bonds. The van der Waals surface area contributed by atoms with Crippen molar-refractivity contribution in [2.24, 2.45) is 5.92 Å². The lowest BCUT2D eigenvalue weighted by atomic mass is 9.82. The number of rotatable bonds is 7. The molecule has 1 aliphatic heterocycles. The Morgan fingerprint density at radius 1 is 1.34 bits per heavy atom. The molecule has 1 N–H and O–H groups in total. The first kappa shape index (κ1) is 20.9. The van der Waals surface area contributed by atoms with Crippen molar-refractivity contribution in [3.63, 3.8) is 0 Å². The van der Waals surface area contributed by atoms with Crippen LogP contribution in [0.5, 0.6) is 0 Å². The number of nitrogens with one attached hydrogen (secondary N) is 1. The van der Waals surface area contributed by atoms with Crippen LogP contribution in [0.25, 0.3) is 0 Å². The molecule has 29 heavy (non-hydrogen) atoms. The Kier molecular flexibility index (Phi) is 6.62. The van der Waals surface area contributed by atoms with Crippen molar-refractivity contribution in [1.29, 1.82) is 0 Å². The predicted molar refractivity (Wildman–Crippen MR) is 119 cm³/mol. The highest BCUT2D eigenvalue weighted by Gasteiger charge is 2.40. The number of aryl methyl sites for hydroxylation is 1. The molecule has 2 aliphatic rings. The third-order valence-corrected chi connectivity index (χ3v) is 7.13. The van der Waals surface area contributed by atoms with E-state index in [2.05, 4.69) is 33.6 Å². The Hall–Kier alpha value is -1.37. The number of benzene rings is 1. The SMILES string of the molecule is CCN(CC1CCc2ccc(F)cc2C(C)CC1)C1CN1CC(S)c1ncc[nH]1. The fourth-order valence-corrected chi connectivity index (χ4v) is 5.20. The Labute approximate surface area is 179 Å². The van der Waals surface area contributed by atoms with Crippen LogP contribution in [0, 0.1) is 11.7 Å². The van der Waals surface area contributed by atoms with E-state index in [4.69, 9.17) is 12.6 Å². The molecule has 0 radical (unpaired) electrons. The van der Waals surface area contributed by atoms with Gasteiger partial charge in [-0.3, -0.25) is 9.80 Å². The number of aromatic nitrogens is 2. The smallest absolute Gasteiger partial charge is 0.123 e. The molecule has 2 aromatic rings. The number of H-pyrrole nitrogens is 1. The number of aromatic amines is 1. The number of hydrogen-bond donors (Lipinski definition) is 2. The van der Waals surface area contributed by atoms with Crippen molar-refractivity contribution < 1.29 is 4.39 Å². The maximum atomic E-state index is 13.7. The minimum atomic E-state index is -0.101. The lowest BCUT2D eigenvalue weighted by Crippen LogP contribution is -2.35. The molecule has 1 aliphatic carbocycles. The first-order valence-electron chi connectivity index (χ1n) is 11.0. The van der Waals surface area contributed by atoms with Gasteiger partial charge < -0.3 is 4.98 Å². The van der Waals surface area contributed by atoms with Crippen molar-refractivity contribution in [2.75, 3.05) is 26.2 Å². The Morgan fingerprint density at radius 3 is 2.97 bits per heavy atom. The third-order valence-electron chi connectivity index (χ3n) is 6.72. The van der Waals surface area contributed by atoms with Gasteiger partial charge >= 0.3 is 0 Å². The van der Waals surface area contributed by atoms with Crippen molar-refractivity contribution in [1.82, 2.24) is 19.8 Å². The van der Waals surface area contributed by atoms with Crippen LogP contribution < -0.4 is 0 Å². The predicted octanol–water partition coefficient (Wildman–Crippen LogP) is 4.63. The Bertz CT molecular complexity index is 796. The lowest BCUT2D eigenvalue weighted by Gasteiger charge is -2.30. The number of halogens is 1. The summed E-state index contributed by atoms with van der Waals surface area (Å²) >= 11 is 4.72. The highest BCUT2D eigenvalue weighted by Crippen LogP contribution is 2.34. The summed E-state index contributed by atoms with van der Waals surface area (Å²) in [5.41, 5.74) is 2.57. The molecule has 6 heteroatoms. The van der Waals surface area contributed by atoms with E-state index in [0.717, 1.165) is 44.8 Å². The topological polar surface area (TPSA) is 34.9 Å². The van der Waals surface area contributed by atoms with Gasteiger partial charge in [0, 0.05) is 32.0 Å². The van der Waals surface area contributed by atoms with Gasteiger partial charge in [0.25, 0.3) is 0 Å². The average Bonchev–Trinajstić information content (AvgIpc) is 3.24. The van der Waals surface area contributed by atoms with E-state index in [-0.39, 0.29) is 11.1 Å². The summed E-state index contributed by atoms with van der Waals surface area (Å²) in [6.07, 6.45) is 8.81. The molecule has 4 rings (SSSR count). The van der Waals surface area contributed by atoms with E-state index < -0.39 is 0 Å². The van der Waals surface area contributed by atoms with Crippen LogP contribution in [0.2, 0.25) is 0 Å². The normalized spacial score (nSPS) is 27.9. The van der Waals surface area contributed by atoms with Crippen LogP contribution in [0.4, 0.5) is 4.39 Å². The minimum absolute atomic E-state index is 0.101. The highest BCUT2D eigenvalue weighted by atomic mass is 32.1. The van der Waals surface area contributed by atoms with E-state index in [9.17, 15) is 4.39 Å². The van der Waals surface area contributed by atoms with Crippen LogP contribution >= 0.6 is 12.6 Å². The summed E-state index contributed by atoms with van der Waals surface area (Å²) in [5, 5.41) is 0.132. The molecule has 4 nitrogen and oxygen atoms in total. The Morgan fingerprint density at radius 2 is 2.21 bits per heavy atom. The van der Waals surface area contributed by atoms with Gasteiger partial charge in [0.1, 0.15) is 11.6 Å². The van der Waals surface area contributed by atoms with Gasteiger partial charge in [-0.25, -0.2) is 9.37 Å². The van der Waals surface area contributed by atoms with Crippen molar-refractivity contribution in [2.45, 2.75) is 56.9 Å². The maximum Gasteiger partial charge on any atom is 0.123 e. The molecule has 5 unspecified atom stereocenters. The second-order valence-corrected chi connectivity index (χ2v) is 9.36. The van der Waals surface area contributed by atoms with Crippen LogP contribution in [-0.2, 0) is 6.42 Å². The first-order valence-corrected chi connectivity index (χ1v) is 11.5. The van der Waals surface area contributed by atoms with E-state index in [1.807, 2.05) is 12.3 Å². The molecule has 0 saturated carbocycles. The summed E-state index contributed by atoms with van der Waals surface area (Å²) in [5.74, 6) is 1.99. The van der Waals surface area contributed by atoms with Gasteiger partial charge in [-0.1, -0.05) is 19.9 Å². The number of fused-ring (bicyclic) bond motifs is 1. The molecule has 5 atom stereocenters. The number of nitrogens with zero attached hydrogens (tertiary/aromatic N) is 3. The zero-order valence-electron chi connectivity index (χ0n) is 17.5. The third kappa shape index (κ3) is 5.04. The largest absolute Gasteiger partial charge is 0.348 e. The number of imidazole rings is 1. The zero-order valence-corrected chi connectivity index (χ0v) is 18.4. The Balaban J connectivity index is 1.33. The van der Waals surface area contributed by atoms with Crippen molar-refractivity contribution >= 4 is 12.6 Å². The quantitative estimate of drug-likeness (QED) is 0.510. The number of thiol groups is 1. The standard InChI is InChI=1S/C23H33FN4S/c1-3-27(22-15-28(22)14-21(29)23-25-10-11-26-23)13-17-5-4-16(2)20-12-19(24)9-8-18(20)7-6-17/h8-12,16-17,21-22,29H,3-7,13-15H2,1-2H3,(H,25,26). The van der Waals surface area contributed by atoms with Gasteiger partial charge in [0.15, 0.2) is 0 Å². The summed E-state index contributed by atoms with van der Waals surface area (Å²) in [6.45, 7) is 8.80. The van der Waals surface area contributed by atoms with Crippen molar-refractivity contribution in [3.05, 3.63) is 53.4 Å². The van der Waals surface area contributed by atoms with E-state index in [0.29, 0.717) is 18.0 Å². The second kappa shape index (κ2) is 9.19. The molecule has 2 heterocycles. The van der Waals surface area contributed by atoms with Crippen LogP contribution in [0.15, 0.2) is 30.6 Å².